The fourth-order valence-corrected chi connectivity index (χ4v) is 2.20. The van der Waals surface area contributed by atoms with Crippen LogP contribution in [0.15, 0.2) is 29.3 Å². The summed E-state index contributed by atoms with van der Waals surface area (Å²) in [5.41, 5.74) is 2.35. The van der Waals surface area contributed by atoms with E-state index in [0.29, 0.717) is 6.61 Å². The molecule has 23 heavy (non-hydrogen) atoms. The van der Waals surface area contributed by atoms with Crippen LogP contribution in [0.1, 0.15) is 38.2 Å². The molecule has 0 spiro atoms. The van der Waals surface area contributed by atoms with Crippen LogP contribution in [0.25, 0.3) is 0 Å². The maximum absolute atomic E-state index is 5.03. The van der Waals surface area contributed by atoms with Gasteiger partial charge in [0.1, 0.15) is 0 Å². The van der Waals surface area contributed by atoms with Gasteiger partial charge in [0.05, 0.1) is 6.61 Å². The first kappa shape index (κ1) is 19.3. The van der Waals surface area contributed by atoms with E-state index in [1.54, 1.807) is 7.11 Å². The van der Waals surface area contributed by atoms with Gasteiger partial charge in [0, 0.05) is 39.5 Å². The number of unbranched alkanes of at least 4 members (excludes halogenated alkanes) is 3. The zero-order valence-corrected chi connectivity index (χ0v) is 14.8. The van der Waals surface area contributed by atoms with E-state index in [-0.39, 0.29) is 0 Å². The highest BCUT2D eigenvalue weighted by Gasteiger charge is 1.99. The molecule has 0 fully saturated rings. The van der Waals surface area contributed by atoms with Gasteiger partial charge in [-0.3, -0.25) is 4.99 Å². The monoisotopic (exact) mass is 320 g/mol. The fraction of sp³-hybridized carbons (Fsp3) is 0.611. The molecule has 0 saturated heterocycles. The fourth-order valence-electron chi connectivity index (χ4n) is 2.20. The normalized spacial score (nSPS) is 11.3. The van der Waals surface area contributed by atoms with Crippen LogP contribution in [0, 0.1) is 0 Å². The molecule has 0 aliphatic rings. The second-order valence-corrected chi connectivity index (χ2v) is 5.53. The van der Waals surface area contributed by atoms with E-state index in [2.05, 4.69) is 52.1 Å². The highest BCUT2D eigenvalue weighted by Crippen LogP contribution is 2.09. The van der Waals surface area contributed by atoms with Crippen LogP contribution in [0.3, 0.4) is 0 Å². The molecule has 0 saturated carbocycles. The van der Waals surface area contributed by atoms with Crippen LogP contribution in [-0.4, -0.2) is 39.8 Å². The molecule has 0 amide bonds. The quantitative estimate of drug-likeness (QED) is 0.333. The van der Waals surface area contributed by atoms with E-state index >= 15 is 0 Å². The number of guanidine groups is 1. The lowest BCUT2D eigenvalue weighted by atomic mass is 10.2. The first-order valence-corrected chi connectivity index (χ1v) is 8.56. The third kappa shape index (κ3) is 9.08. The Morgan fingerprint density at radius 2 is 1.83 bits per heavy atom. The van der Waals surface area contributed by atoms with Crippen molar-refractivity contribution in [3.8, 4) is 0 Å². The molecular weight excluding hydrogens is 288 g/mol. The van der Waals surface area contributed by atoms with Crippen molar-refractivity contribution in [1.82, 2.24) is 10.6 Å². The minimum atomic E-state index is 0.712. The van der Waals surface area contributed by atoms with Gasteiger partial charge in [0.15, 0.2) is 5.96 Å². The lowest BCUT2D eigenvalue weighted by Crippen LogP contribution is -2.37. The van der Waals surface area contributed by atoms with Crippen LogP contribution in [0.5, 0.6) is 0 Å². The van der Waals surface area contributed by atoms with Crippen molar-refractivity contribution in [3.05, 3.63) is 29.8 Å². The summed E-state index contributed by atoms with van der Waals surface area (Å²) in [5, 5.41) is 10.0. The van der Waals surface area contributed by atoms with E-state index in [4.69, 9.17) is 4.74 Å². The molecule has 0 aliphatic heterocycles. The molecule has 0 aromatic heterocycles. The molecular formula is C18H32N4O. The Bertz CT molecular complexity index is 431. The molecule has 5 heteroatoms. The number of rotatable bonds is 11. The number of nitrogens with one attached hydrogen (secondary N) is 3. The minimum Gasteiger partial charge on any atom is -0.383 e. The molecule has 0 heterocycles. The Morgan fingerprint density at radius 3 is 2.48 bits per heavy atom. The second kappa shape index (κ2) is 12.8. The summed E-state index contributed by atoms with van der Waals surface area (Å²) in [6.45, 7) is 5.51. The number of ether oxygens (including phenoxy) is 1. The summed E-state index contributed by atoms with van der Waals surface area (Å²) in [7, 11) is 3.52. The number of aliphatic imine (C=N–C) groups is 1. The van der Waals surface area contributed by atoms with E-state index in [1.165, 1.54) is 31.2 Å². The minimum absolute atomic E-state index is 0.712. The van der Waals surface area contributed by atoms with Gasteiger partial charge < -0.3 is 20.7 Å². The average Bonchev–Trinajstić information content (AvgIpc) is 2.59. The number of hydrogen-bond donors (Lipinski definition) is 3. The largest absolute Gasteiger partial charge is 0.383 e. The van der Waals surface area contributed by atoms with Crippen molar-refractivity contribution in [2.45, 2.75) is 39.2 Å². The Labute approximate surface area is 140 Å². The van der Waals surface area contributed by atoms with Crippen molar-refractivity contribution >= 4 is 11.6 Å². The van der Waals surface area contributed by atoms with Crippen LogP contribution >= 0.6 is 0 Å². The van der Waals surface area contributed by atoms with Gasteiger partial charge in [0.2, 0.25) is 0 Å². The first-order chi connectivity index (χ1) is 11.3. The highest BCUT2D eigenvalue weighted by molar-refractivity contribution is 5.79. The van der Waals surface area contributed by atoms with E-state index in [9.17, 15) is 0 Å². The second-order valence-electron chi connectivity index (χ2n) is 5.53. The number of methoxy groups -OCH3 is 1. The third-order valence-corrected chi connectivity index (χ3v) is 3.60. The van der Waals surface area contributed by atoms with Crippen LogP contribution in [-0.2, 0) is 11.3 Å². The van der Waals surface area contributed by atoms with Crippen LogP contribution < -0.4 is 16.0 Å². The maximum Gasteiger partial charge on any atom is 0.191 e. The molecule has 1 rings (SSSR count). The Kier molecular flexibility index (Phi) is 10.7. The van der Waals surface area contributed by atoms with E-state index in [1.807, 2.05) is 7.05 Å². The van der Waals surface area contributed by atoms with E-state index in [0.717, 1.165) is 31.3 Å². The van der Waals surface area contributed by atoms with Gasteiger partial charge in [-0.1, -0.05) is 38.3 Å². The van der Waals surface area contributed by atoms with Crippen molar-refractivity contribution in [2.75, 3.05) is 39.2 Å². The smallest absolute Gasteiger partial charge is 0.191 e. The van der Waals surface area contributed by atoms with Gasteiger partial charge >= 0.3 is 0 Å². The van der Waals surface area contributed by atoms with Gasteiger partial charge in [-0.15, -0.1) is 0 Å². The number of hydrogen-bond acceptors (Lipinski definition) is 3. The Balaban J connectivity index is 2.26. The van der Waals surface area contributed by atoms with Gasteiger partial charge in [-0.2, -0.15) is 0 Å². The predicted molar refractivity (Wildman–Crippen MR) is 99.2 cm³/mol. The molecule has 1 aromatic rings. The third-order valence-electron chi connectivity index (χ3n) is 3.60. The molecule has 0 radical (unpaired) electrons. The van der Waals surface area contributed by atoms with Gasteiger partial charge in [0.25, 0.3) is 0 Å². The predicted octanol–water partition coefficient (Wildman–Crippen LogP) is 2.99. The molecule has 0 unspecified atom stereocenters. The Hall–Kier alpha value is -1.75. The first-order valence-electron chi connectivity index (χ1n) is 8.56. The molecule has 0 bridgehead atoms. The molecule has 0 aliphatic carbocycles. The SMILES string of the molecule is CCCCCCNC(=NC)NCc1ccc(NCCOC)cc1. The molecule has 0 atom stereocenters. The molecule has 130 valence electrons. The maximum atomic E-state index is 5.03. The molecule has 3 N–H and O–H groups in total. The lowest BCUT2D eigenvalue weighted by Gasteiger charge is -2.12. The lowest BCUT2D eigenvalue weighted by molar-refractivity contribution is 0.211. The highest BCUT2D eigenvalue weighted by atomic mass is 16.5. The number of benzene rings is 1. The molecule has 1 aromatic carbocycles. The van der Waals surface area contributed by atoms with Gasteiger partial charge in [-0.25, -0.2) is 0 Å². The summed E-state index contributed by atoms with van der Waals surface area (Å²) in [6, 6.07) is 8.43. The summed E-state index contributed by atoms with van der Waals surface area (Å²) < 4.78 is 5.03. The molecule has 5 nitrogen and oxygen atoms in total. The van der Waals surface area contributed by atoms with E-state index < -0.39 is 0 Å². The van der Waals surface area contributed by atoms with Crippen LogP contribution in [0.4, 0.5) is 5.69 Å². The average molecular weight is 320 g/mol. The van der Waals surface area contributed by atoms with Crippen molar-refractivity contribution in [1.29, 1.82) is 0 Å². The standard InChI is InChI=1S/C18H32N4O/c1-4-5-6-7-12-21-18(19-2)22-15-16-8-10-17(11-9-16)20-13-14-23-3/h8-11,20H,4-7,12-15H2,1-3H3,(H2,19,21,22). The summed E-state index contributed by atoms with van der Waals surface area (Å²) in [4.78, 5) is 4.26. The topological polar surface area (TPSA) is 57.7 Å². The Morgan fingerprint density at radius 1 is 1.04 bits per heavy atom. The zero-order valence-electron chi connectivity index (χ0n) is 14.8. The van der Waals surface area contributed by atoms with Crippen molar-refractivity contribution < 1.29 is 4.74 Å². The van der Waals surface area contributed by atoms with Gasteiger partial charge in [-0.05, 0) is 24.1 Å². The summed E-state index contributed by atoms with van der Waals surface area (Å²) >= 11 is 0. The van der Waals surface area contributed by atoms with Crippen molar-refractivity contribution in [2.24, 2.45) is 4.99 Å². The van der Waals surface area contributed by atoms with Crippen molar-refractivity contribution in [3.63, 3.8) is 0 Å². The summed E-state index contributed by atoms with van der Waals surface area (Å²) in [5.74, 6) is 0.865. The number of nitrogens with zero attached hydrogens (tertiary/aromatic N) is 1. The summed E-state index contributed by atoms with van der Waals surface area (Å²) in [6.07, 6.45) is 5.04. The zero-order chi connectivity index (χ0) is 16.8. The van der Waals surface area contributed by atoms with Crippen LogP contribution in [0.2, 0.25) is 0 Å². The number of anilines is 1.